The second kappa shape index (κ2) is 12.7. The smallest absolute Gasteiger partial charge is 0.220 e. The molecule has 0 aliphatic carbocycles. The Hall–Kier alpha value is -1.71. The Bertz CT molecular complexity index is 485. The number of hydrogen-bond acceptors (Lipinski definition) is 2. The normalized spacial score (nSPS) is 10.6. The minimum absolute atomic E-state index is 0.0894. The monoisotopic (exact) mass is 335 g/mol. The van der Waals surface area contributed by atoms with Crippen molar-refractivity contribution in [3.05, 3.63) is 35.6 Å². The summed E-state index contributed by atoms with van der Waals surface area (Å²) in [7, 11) is 0. The third-order valence-corrected chi connectivity index (χ3v) is 4.10. The van der Waals surface area contributed by atoms with E-state index in [9.17, 15) is 14.0 Å². The van der Waals surface area contributed by atoms with Gasteiger partial charge in [-0.05, 0) is 30.7 Å². The minimum Gasteiger partial charge on any atom is -0.356 e. The Kier molecular flexibility index (Phi) is 10.7. The fraction of sp³-hybridized carbons (Fsp3) is 0.600. The fourth-order valence-corrected chi connectivity index (χ4v) is 2.58. The molecule has 134 valence electrons. The van der Waals surface area contributed by atoms with Gasteiger partial charge in [0, 0.05) is 24.9 Å². The van der Waals surface area contributed by atoms with Crippen molar-refractivity contribution in [1.29, 1.82) is 0 Å². The summed E-state index contributed by atoms with van der Waals surface area (Å²) in [5, 5.41) is 2.86. The van der Waals surface area contributed by atoms with Gasteiger partial charge in [-0.3, -0.25) is 9.59 Å². The zero-order valence-electron chi connectivity index (χ0n) is 14.8. The van der Waals surface area contributed by atoms with E-state index in [4.69, 9.17) is 0 Å². The van der Waals surface area contributed by atoms with Gasteiger partial charge < -0.3 is 5.32 Å². The molecule has 0 aromatic heterocycles. The Morgan fingerprint density at radius 3 is 2.08 bits per heavy atom. The van der Waals surface area contributed by atoms with Crippen molar-refractivity contribution in [2.45, 2.75) is 71.1 Å². The van der Waals surface area contributed by atoms with Crippen LogP contribution < -0.4 is 5.32 Å². The predicted octanol–water partition coefficient (Wildman–Crippen LogP) is 5.05. The number of rotatable bonds is 13. The molecule has 1 amide bonds. The van der Waals surface area contributed by atoms with E-state index in [-0.39, 0.29) is 30.3 Å². The standard InChI is InChI=1S/C20H30FNO2/c1-2-3-4-5-6-7-8-9-16-22-20(24)15-14-19(23)17-10-12-18(21)13-11-17/h10-13H,2-9,14-16H2,1H3,(H,22,24). The zero-order chi connectivity index (χ0) is 17.6. The lowest BCUT2D eigenvalue weighted by molar-refractivity contribution is -0.121. The van der Waals surface area contributed by atoms with Gasteiger partial charge in [0.05, 0.1) is 0 Å². The number of benzene rings is 1. The molecule has 0 bridgehead atoms. The molecule has 0 fully saturated rings. The third-order valence-electron chi connectivity index (χ3n) is 4.10. The summed E-state index contributed by atoms with van der Waals surface area (Å²) in [5.74, 6) is -0.583. The van der Waals surface area contributed by atoms with Gasteiger partial charge in [0.2, 0.25) is 5.91 Å². The number of Topliss-reactive ketones (excluding diaryl/α,β-unsaturated/α-hetero) is 1. The minimum atomic E-state index is -0.366. The lowest BCUT2D eigenvalue weighted by atomic mass is 10.1. The van der Waals surface area contributed by atoms with E-state index in [1.807, 2.05) is 0 Å². The van der Waals surface area contributed by atoms with E-state index in [0.717, 1.165) is 12.8 Å². The number of carbonyl (C=O) groups excluding carboxylic acids is 2. The number of amides is 1. The molecule has 0 aliphatic rings. The van der Waals surface area contributed by atoms with Crippen LogP contribution in [0.2, 0.25) is 0 Å². The molecule has 0 radical (unpaired) electrons. The Balaban J connectivity index is 2.02. The summed E-state index contributed by atoms with van der Waals surface area (Å²) in [5.41, 5.74) is 0.451. The Morgan fingerprint density at radius 1 is 0.875 bits per heavy atom. The van der Waals surface area contributed by atoms with E-state index in [0.29, 0.717) is 12.1 Å². The molecule has 1 rings (SSSR count). The summed E-state index contributed by atoms with van der Waals surface area (Å²) < 4.78 is 12.8. The van der Waals surface area contributed by atoms with Crippen LogP contribution in [0.15, 0.2) is 24.3 Å². The van der Waals surface area contributed by atoms with E-state index >= 15 is 0 Å². The van der Waals surface area contributed by atoms with Crippen LogP contribution in [0.5, 0.6) is 0 Å². The maximum Gasteiger partial charge on any atom is 0.220 e. The first-order valence-corrected chi connectivity index (χ1v) is 9.19. The maximum absolute atomic E-state index is 12.8. The first kappa shape index (κ1) is 20.3. The number of unbranched alkanes of at least 4 members (excludes halogenated alkanes) is 7. The molecule has 3 nitrogen and oxygen atoms in total. The van der Waals surface area contributed by atoms with Gasteiger partial charge in [0.1, 0.15) is 5.82 Å². The molecule has 0 atom stereocenters. The van der Waals surface area contributed by atoms with Crippen LogP contribution in [0.1, 0.15) is 81.5 Å². The van der Waals surface area contributed by atoms with Crippen LogP contribution in [0, 0.1) is 5.82 Å². The van der Waals surface area contributed by atoms with Gasteiger partial charge in [-0.1, -0.05) is 51.9 Å². The third kappa shape index (κ3) is 9.43. The topological polar surface area (TPSA) is 46.2 Å². The summed E-state index contributed by atoms with van der Waals surface area (Å²) in [6.07, 6.45) is 10.2. The van der Waals surface area contributed by atoms with Gasteiger partial charge in [-0.2, -0.15) is 0 Å². The van der Waals surface area contributed by atoms with Gasteiger partial charge in [-0.15, -0.1) is 0 Å². The molecule has 0 aliphatic heterocycles. The largest absolute Gasteiger partial charge is 0.356 e. The number of halogens is 1. The second-order valence-electron chi connectivity index (χ2n) is 6.25. The van der Waals surface area contributed by atoms with Crippen molar-refractivity contribution in [2.24, 2.45) is 0 Å². The summed E-state index contributed by atoms with van der Waals surface area (Å²) in [6.45, 7) is 2.90. The van der Waals surface area contributed by atoms with Gasteiger partial charge in [-0.25, -0.2) is 4.39 Å². The molecule has 0 saturated carbocycles. The van der Waals surface area contributed by atoms with E-state index in [2.05, 4.69) is 12.2 Å². The number of nitrogens with one attached hydrogen (secondary N) is 1. The molecular formula is C20H30FNO2. The molecule has 0 unspecified atom stereocenters. The van der Waals surface area contributed by atoms with E-state index in [1.165, 1.54) is 62.8 Å². The molecule has 1 aromatic rings. The first-order valence-electron chi connectivity index (χ1n) is 9.19. The Labute approximate surface area is 145 Å². The van der Waals surface area contributed by atoms with Crippen molar-refractivity contribution < 1.29 is 14.0 Å². The number of ketones is 1. The highest BCUT2D eigenvalue weighted by atomic mass is 19.1. The average Bonchev–Trinajstić information content (AvgIpc) is 2.59. The van der Waals surface area contributed by atoms with Gasteiger partial charge >= 0.3 is 0 Å². The average molecular weight is 335 g/mol. The molecule has 4 heteroatoms. The van der Waals surface area contributed by atoms with Gasteiger partial charge in [0.25, 0.3) is 0 Å². The van der Waals surface area contributed by atoms with Gasteiger partial charge in [0.15, 0.2) is 5.78 Å². The van der Waals surface area contributed by atoms with Crippen LogP contribution in [0.25, 0.3) is 0 Å². The summed E-state index contributed by atoms with van der Waals surface area (Å²) in [6, 6.07) is 5.43. The highest BCUT2D eigenvalue weighted by Crippen LogP contribution is 2.09. The molecular weight excluding hydrogens is 305 g/mol. The summed E-state index contributed by atoms with van der Waals surface area (Å²) in [4.78, 5) is 23.6. The molecule has 0 heterocycles. The van der Waals surface area contributed by atoms with Crippen LogP contribution in [-0.2, 0) is 4.79 Å². The number of carbonyl (C=O) groups is 2. The van der Waals surface area contributed by atoms with Crippen LogP contribution in [0.4, 0.5) is 4.39 Å². The lowest BCUT2D eigenvalue weighted by Crippen LogP contribution is -2.24. The highest BCUT2D eigenvalue weighted by Gasteiger charge is 2.09. The van der Waals surface area contributed by atoms with Crippen molar-refractivity contribution in [1.82, 2.24) is 5.32 Å². The fourth-order valence-electron chi connectivity index (χ4n) is 2.58. The maximum atomic E-state index is 12.8. The van der Waals surface area contributed by atoms with Crippen molar-refractivity contribution >= 4 is 11.7 Å². The highest BCUT2D eigenvalue weighted by molar-refractivity contribution is 5.97. The molecule has 24 heavy (non-hydrogen) atoms. The zero-order valence-corrected chi connectivity index (χ0v) is 14.8. The van der Waals surface area contributed by atoms with E-state index in [1.54, 1.807) is 0 Å². The van der Waals surface area contributed by atoms with Crippen molar-refractivity contribution in [2.75, 3.05) is 6.54 Å². The Morgan fingerprint density at radius 2 is 1.46 bits per heavy atom. The lowest BCUT2D eigenvalue weighted by Gasteiger charge is -2.05. The molecule has 1 aromatic carbocycles. The predicted molar refractivity (Wildman–Crippen MR) is 95.6 cm³/mol. The SMILES string of the molecule is CCCCCCCCCCNC(=O)CCC(=O)c1ccc(F)cc1. The second-order valence-corrected chi connectivity index (χ2v) is 6.25. The quantitative estimate of drug-likeness (QED) is 0.405. The van der Waals surface area contributed by atoms with Crippen LogP contribution >= 0.6 is 0 Å². The number of hydrogen-bond donors (Lipinski definition) is 1. The summed E-state index contributed by atoms with van der Waals surface area (Å²) >= 11 is 0. The van der Waals surface area contributed by atoms with Crippen molar-refractivity contribution in [3.8, 4) is 0 Å². The van der Waals surface area contributed by atoms with Crippen LogP contribution in [-0.4, -0.2) is 18.2 Å². The molecule has 0 saturated heterocycles. The van der Waals surface area contributed by atoms with E-state index < -0.39 is 0 Å². The molecule has 1 N–H and O–H groups in total. The first-order chi connectivity index (χ1) is 11.6. The molecule has 0 spiro atoms. The van der Waals surface area contributed by atoms with Crippen LogP contribution in [0.3, 0.4) is 0 Å². The van der Waals surface area contributed by atoms with Crippen molar-refractivity contribution in [3.63, 3.8) is 0 Å².